The van der Waals surface area contributed by atoms with Gasteiger partial charge in [0.25, 0.3) is 0 Å². The maximum Gasteiger partial charge on any atom is 0.311 e. The molecule has 0 radical (unpaired) electrons. The van der Waals surface area contributed by atoms with Gasteiger partial charge in [-0.15, -0.1) is 0 Å². The number of piperidine rings is 2. The first-order valence-corrected chi connectivity index (χ1v) is 12.5. The van der Waals surface area contributed by atoms with Gasteiger partial charge in [0.1, 0.15) is 6.10 Å². The number of ether oxygens (including phenoxy) is 1. The Morgan fingerprint density at radius 3 is 2.60 bits per heavy atom. The Morgan fingerprint density at radius 1 is 1.13 bits per heavy atom. The minimum Gasteiger partial charge on any atom is -0.461 e. The molecular weight excluding hydrogens is 376 g/mol. The molecule has 0 spiro atoms. The van der Waals surface area contributed by atoms with E-state index in [2.05, 4.69) is 29.7 Å². The van der Waals surface area contributed by atoms with E-state index >= 15 is 0 Å². The van der Waals surface area contributed by atoms with Crippen LogP contribution in [-0.4, -0.2) is 71.8 Å². The second-order valence-electron chi connectivity index (χ2n) is 10.9. The van der Waals surface area contributed by atoms with Crippen LogP contribution in [0.3, 0.4) is 0 Å². The third-order valence-electron chi connectivity index (χ3n) is 9.49. The molecule has 0 aromatic carbocycles. The predicted octanol–water partition coefficient (Wildman–Crippen LogP) is 3.22. The Labute approximate surface area is 181 Å². The fourth-order valence-corrected chi connectivity index (χ4v) is 7.30. The minimum atomic E-state index is -0.486. The lowest BCUT2D eigenvalue weighted by Crippen LogP contribution is -2.55. The Morgan fingerprint density at radius 2 is 1.87 bits per heavy atom. The molecule has 2 aliphatic carbocycles. The zero-order chi connectivity index (χ0) is 20.9. The van der Waals surface area contributed by atoms with E-state index in [4.69, 9.17) is 4.74 Å². The average Bonchev–Trinajstić information content (AvgIpc) is 3.07. The largest absolute Gasteiger partial charge is 0.461 e. The topological polar surface area (TPSA) is 53.0 Å². The molecule has 0 bridgehead atoms. The van der Waals surface area contributed by atoms with Crippen LogP contribution in [0, 0.1) is 23.2 Å². The molecule has 6 atom stereocenters. The summed E-state index contributed by atoms with van der Waals surface area (Å²) < 4.78 is 5.86. The number of likely N-dealkylation sites (tertiary alicyclic amines) is 2. The molecule has 4 fully saturated rings. The molecule has 3 saturated heterocycles. The van der Waals surface area contributed by atoms with Crippen LogP contribution in [0.1, 0.15) is 65.2 Å². The van der Waals surface area contributed by atoms with E-state index < -0.39 is 6.10 Å². The van der Waals surface area contributed by atoms with Gasteiger partial charge in [0.05, 0.1) is 12.0 Å². The van der Waals surface area contributed by atoms with Crippen molar-refractivity contribution in [2.24, 2.45) is 23.2 Å². The Hall–Kier alpha value is -0.910. The number of esters is 1. The molecule has 5 heteroatoms. The van der Waals surface area contributed by atoms with Crippen molar-refractivity contribution in [3.63, 3.8) is 0 Å². The van der Waals surface area contributed by atoms with Gasteiger partial charge in [0, 0.05) is 30.3 Å². The van der Waals surface area contributed by atoms with E-state index in [1.165, 1.54) is 50.8 Å². The molecule has 5 aliphatic rings. The number of carbonyl (C=O) groups excluding carboxylic acids is 1. The summed E-state index contributed by atoms with van der Waals surface area (Å²) >= 11 is 0. The lowest BCUT2D eigenvalue weighted by atomic mass is 9.55. The summed E-state index contributed by atoms with van der Waals surface area (Å²) in [4.78, 5) is 18.0. The molecular formula is C25H40N2O3. The van der Waals surface area contributed by atoms with E-state index in [9.17, 15) is 9.90 Å². The van der Waals surface area contributed by atoms with Crippen LogP contribution in [0.5, 0.6) is 0 Å². The molecule has 1 unspecified atom stereocenters. The highest BCUT2D eigenvalue weighted by atomic mass is 16.6. The fourth-order valence-electron chi connectivity index (χ4n) is 7.30. The summed E-state index contributed by atoms with van der Waals surface area (Å²) in [7, 11) is 0. The Balaban J connectivity index is 1.25. The molecule has 168 valence electrons. The van der Waals surface area contributed by atoms with Crippen molar-refractivity contribution in [3.8, 4) is 0 Å². The summed E-state index contributed by atoms with van der Waals surface area (Å²) in [6.07, 6.45) is 11.2. The van der Waals surface area contributed by atoms with Crippen molar-refractivity contribution in [1.29, 1.82) is 0 Å². The van der Waals surface area contributed by atoms with Gasteiger partial charge >= 0.3 is 5.97 Å². The molecule has 5 nitrogen and oxygen atoms in total. The number of aliphatic hydroxyl groups is 1. The number of hydrogen-bond donors (Lipinski definition) is 1. The van der Waals surface area contributed by atoms with E-state index in [1.807, 2.05) is 0 Å². The maximum atomic E-state index is 12.9. The van der Waals surface area contributed by atoms with Gasteiger partial charge in [-0.3, -0.25) is 4.79 Å². The van der Waals surface area contributed by atoms with Gasteiger partial charge in [-0.1, -0.05) is 31.9 Å². The number of hydrogen-bond acceptors (Lipinski definition) is 5. The van der Waals surface area contributed by atoms with Gasteiger partial charge < -0.3 is 19.6 Å². The predicted molar refractivity (Wildman–Crippen MR) is 117 cm³/mol. The summed E-state index contributed by atoms with van der Waals surface area (Å²) in [6.45, 7) is 9.92. The van der Waals surface area contributed by atoms with Crippen molar-refractivity contribution in [2.75, 3.05) is 32.7 Å². The zero-order valence-corrected chi connectivity index (χ0v) is 18.9. The van der Waals surface area contributed by atoms with E-state index in [1.54, 1.807) is 0 Å². The van der Waals surface area contributed by atoms with Crippen LogP contribution in [0.15, 0.2) is 11.6 Å². The summed E-state index contributed by atoms with van der Waals surface area (Å²) in [5.41, 5.74) is 1.12. The number of aliphatic hydroxyl groups excluding tert-OH is 1. The lowest BCUT2D eigenvalue weighted by Gasteiger charge is -2.52. The van der Waals surface area contributed by atoms with Crippen molar-refractivity contribution < 1.29 is 14.6 Å². The van der Waals surface area contributed by atoms with Crippen molar-refractivity contribution in [3.05, 3.63) is 11.6 Å². The number of rotatable bonds is 3. The lowest BCUT2D eigenvalue weighted by molar-refractivity contribution is -0.145. The van der Waals surface area contributed by atoms with Gasteiger partial charge in [-0.25, -0.2) is 0 Å². The van der Waals surface area contributed by atoms with E-state index in [0.717, 1.165) is 44.9 Å². The van der Waals surface area contributed by atoms with Crippen molar-refractivity contribution >= 4 is 5.97 Å². The van der Waals surface area contributed by atoms with Crippen LogP contribution in [-0.2, 0) is 9.53 Å². The zero-order valence-electron chi connectivity index (χ0n) is 18.9. The number of allylic oxidation sites excluding steroid dienone is 1. The molecule has 0 amide bonds. The third kappa shape index (κ3) is 3.45. The molecule has 0 aromatic heterocycles. The highest BCUT2D eigenvalue weighted by Gasteiger charge is 2.59. The third-order valence-corrected chi connectivity index (χ3v) is 9.49. The molecule has 5 rings (SSSR count). The Bertz CT molecular complexity index is 680. The number of nitrogens with zero attached hydrogens (tertiary/aromatic N) is 2. The monoisotopic (exact) mass is 416 g/mol. The first-order valence-electron chi connectivity index (χ1n) is 12.5. The van der Waals surface area contributed by atoms with Crippen LogP contribution < -0.4 is 0 Å². The standard InChI is InChI=1S/C25H40N2O3/c1-17-7-6-8-18-15-21-22(23(28)25(17,18)2)20(24(29)30-21)16-26-13-9-19(10-14-26)27-11-4-3-5-12-27/h8,17,19-23,28H,3-7,9-16H2,1-2H3/t17-,20?,21+,22+,23-,25+/m0/s1. The van der Waals surface area contributed by atoms with Gasteiger partial charge in [0.15, 0.2) is 0 Å². The van der Waals surface area contributed by atoms with E-state index in [0.29, 0.717) is 5.92 Å². The smallest absolute Gasteiger partial charge is 0.311 e. The van der Waals surface area contributed by atoms with Gasteiger partial charge in [-0.05, 0) is 70.6 Å². The van der Waals surface area contributed by atoms with Crippen LogP contribution in [0.4, 0.5) is 0 Å². The van der Waals surface area contributed by atoms with Gasteiger partial charge in [-0.2, -0.15) is 0 Å². The second kappa shape index (κ2) is 8.22. The Kier molecular flexibility index (Phi) is 5.74. The summed E-state index contributed by atoms with van der Waals surface area (Å²) in [5, 5.41) is 11.5. The number of fused-ring (bicyclic) bond motifs is 2. The van der Waals surface area contributed by atoms with Crippen LogP contribution in [0.25, 0.3) is 0 Å². The molecule has 3 aliphatic heterocycles. The van der Waals surface area contributed by atoms with Crippen molar-refractivity contribution in [2.45, 2.75) is 83.5 Å². The first kappa shape index (κ1) is 21.0. The highest BCUT2D eigenvalue weighted by Crippen LogP contribution is 2.56. The first-order chi connectivity index (χ1) is 14.5. The maximum absolute atomic E-state index is 12.9. The fraction of sp³-hybridized carbons (Fsp3) is 0.880. The number of carbonyl (C=O) groups is 1. The molecule has 30 heavy (non-hydrogen) atoms. The van der Waals surface area contributed by atoms with Gasteiger partial charge in [0.2, 0.25) is 0 Å². The molecule has 1 N–H and O–H groups in total. The molecule has 1 saturated carbocycles. The van der Waals surface area contributed by atoms with Crippen LogP contribution in [0.2, 0.25) is 0 Å². The minimum absolute atomic E-state index is 0.0555. The SMILES string of the molecule is C[C@H]1CCC=C2C[C@H]3OC(=O)C(CN4CCC(N5CCCCC5)CC4)[C@H]3[C@H](O)[C@@]21C. The second-order valence-corrected chi connectivity index (χ2v) is 10.9. The highest BCUT2D eigenvalue weighted by molar-refractivity contribution is 5.76. The summed E-state index contributed by atoms with van der Waals surface area (Å²) in [6, 6.07) is 0.722. The average molecular weight is 417 g/mol. The summed E-state index contributed by atoms with van der Waals surface area (Å²) in [5.74, 6) is 0.145. The molecule has 0 aromatic rings. The van der Waals surface area contributed by atoms with E-state index in [-0.39, 0.29) is 29.3 Å². The normalized spacial score (nSPS) is 43.6. The van der Waals surface area contributed by atoms with Crippen molar-refractivity contribution in [1.82, 2.24) is 9.80 Å². The van der Waals surface area contributed by atoms with Crippen LogP contribution >= 0.6 is 0 Å². The molecule has 3 heterocycles. The quantitative estimate of drug-likeness (QED) is 0.566.